The zero-order chi connectivity index (χ0) is 12.7. The van der Waals surface area contributed by atoms with Gasteiger partial charge >= 0.3 is 0 Å². The van der Waals surface area contributed by atoms with E-state index in [9.17, 15) is 0 Å². The molecule has 18 heavy (non-hydrogen) atoms. The molecule has 0 amide bonds. The molecule has 0 bridgehead atoms. The highest BCUT2D eigenvalue weighted by atomic mass is 127. The van der Waals surface area contributed by atoms with E-state index >= 15 is 0 Å². The third-order valence-electron chi connectivity index (χ3n) is 3.63. The third kappa shape index (κ3) is 5.73. The summed E-state index contributed by atoms with van der Waals surface area (Å²) in [7, 11) is 4.33. The second-order valence-corrected chi connectivity index (χ2v) is 5.00. The molecule has 0 aliphatic carbocycles. The minimum absolute atomic E-state index is 0. The van der Waals surface area contributed by atoms with Crippen LogP contribution in [0.2, 0.25) is 0 Å². The van der Waals surface area contributed by atoms with E-state index in [-0.39, 0.29) is 24.0 Å². The van der Waals surface area contributed by atoms with Crippen LogP contribution < -0.4 is 10.6 Å². The largest absolute Gasteiger partial charge is 0.356 e. The van der Waals surface area contributed by atoms with Gasteiger partial charge in [-0.25, -0.2) is 0 Å². The van der Waals surface area contributed by atoms with Crippen molar-refractivity contribution >= 4 is 29.9 Å². The summed E-state index contributed by atoms with van der Waals surface area (Å²) in [5.74, 6) is 1.73. The number of nitrogens with one attached hydrogen (secondary N) is 2. The number of rotatable bonds is 6. The van der Waals surface area contributed by atoms with Gasteiger partial charge in [-0.05, 0) is 26.4 Å². The highest BCUT2D eigenvalue weighted by Crippen LogP contribution is 2.16. The molecule has 0 aromatic heterocycles. The summed E-state index contributed by atoms with van der Waals surface area (Å²) in [6.07, 6.45) is 3.62. The monoisotopic (exact) mass is 368 g/mol. The van der Waals surface area contributed by atoms with Crippen molar-refractivity contribution in [2.75, 3.05) is 33.7 Å². The van der Waals surface area contributed by atoms with Crippen LogP contribution in [-0.4, -0.2) is 50.6 Å². The minimum atomic E-state index is 0. The van der Waals surface area contributed by atoms with E-state index in [2.05, 4.69) is 48.5 Å². The Labute approximate surface area is 129 Å². The quantitative estimate of drug-likeness (QED) is 0.704. The standard InChI is InChI=1S/C13H28N4.HI/c1-5-11(6-2)12(17(3)4)10-16-13-14-8-7-9-15-13;/h11-12H,5-10H2,1-4H3,(H2,14,15,16);1H. The molecule has 1 heterocycles. The fourth-order valence-electron chi connectivity index (χ4n) is 2.46. The van der Waals surface area contributed by atoms with E-state index in [0.717, 1.165) is 37.9 Å². The molecular formula is C13H29IN4. The van der Waals surface area contributed by atoms with Crippen LogP contribution in [0.5, 0.6) is 0 Å². The summed E-state index contributed by atoms with van der Waals surface area (Å²) < 4.78 is 0. The molecule has 0 spiro atoms. The van der Waals surface area contributed by atoms with Crippen LogP contribution in [0.15, 0.2) is 4.99 Å². The molecule has 4 nitrogen and oxygen atoms in total. The van der Waals surface area contributed by atoms with Crippen LogP contribution in [-0.2, 0) is 0 Å². The number of aliphatic imine (C=N–C) groups is 1. The van der Waals surface area contributed by atoms with Crippen LogP contribution in [0, 0.1) is 5.92 Å². The van der Waals surface area contributed by atoms with Crippen LogP contribution in [0.4, 0.5) is 0 Å². The highest BCUT2D eigenvalue weighted by Gasteiger charge is 2.20. The molecular weight excluding hydrogens is 339 g/mol. The van der Waals surface area contributed by atoms with Crippen LogP contribution in [0.3, 0.4) is 0 Å². The third-order valence-corrected chi connectivity index (χ3v) is 3.63. The Kier molecular flexibility index (Phi) is 9.81. The van der Waals surface area contributed by atoms with Crippen LogP contribution >= 0.6 is 24.0 Å². The molecule has 1 rings (SSSR count). The predicted molar refractivity (Wildman–Crippen MR) is 89.9 cm³/mol. The first kappa shape index (κ1) is 18.0. The molecule has 0 radical (unpaired) electrons. The molecule has 1 atom stereocenters. The van der Waals surface area contributed by atoms with Gasteiger partial charge in [0.15, 0.2) is 5.96 Å². The molecule has 0 fully saturated rings. The Morgan fingerprint density at radius 2 is 2.00 bits per heavy atom. The number of nitrogens with zero attached hydrogens (tertiary/aromatic N) is 2. The van der Waals surface area contributed by atoms with Crippen molar-refractivity contribution in [3.05, 3.63) is 0 Å². The molecule has 0 aromatic carbocycles. The molecule has 1 aliphatic heterocycles. The Morgan fingerprint density at radius 1 is 1.33 bits per heavy atom. The van der Waals surface area contributed by atoms with Gasteiger partial charge in [0.05, 0.1) is 0 Å². The molecule has 0 aromatic rings. The van der Waals surface area contributed by atoms with Crippen molar-refractivity contribution in [3.63, 3.8) is 0 Å². The average molecular weight is 368 g/mol. The maximum Gasteiger partial charge on any atom is 0.191 e. The van der Waals surface area contributed by atoms with Gasteiger partial charge in [-0.1, -0.05) is 26.7 Å². The van der Waals surface area contributed by atoms with Gasteiger partial charge in [-0.2, -0.15) is 0 Å². The second kappa shape index (κ2) is 9.83. The van der Waals surface area contributed by atoms with E-state index < -0.39 is 0 Å². The fraction of sp³-hybridized carbons (Fsp3) is 0.923. The first-order valence-corrected chi connectivity index (χ1v) is 6.87. The number of halogens is 1. The Hall–Kier alpha value is -0.0400. The van der Waals surface area contributed by atoms with E-state index in [0.29, 0.717) is 6.04 Å². The second-order valence-electron chi connectivity index (χ2n) is 5.00. The number of likely N-dealkylation sites (N-methyl/N-ethyl adjacent to an activating group) is 1. The fourth-order valence-corrected chi connectivity index (χ4v) is 2.46. The van der Waals surface area contributed by atoms with E-state index in [4.69, 9.17) is 0 Å². The first-order valence-electron chi connectivity index (χ1n) is 6.87. The number of hydrogen-bond donors (Lipinski definition) is 2. The maximum atomic E-state index is 4.45. The Bertz CT molecular complexity index is 239. The lowest BCUT2D eigenvalue weighted by Gasteiger charge is -2.32. The van der Waals surface area contributed by atoms with Gasteiger partial charge in [0.1, 0.15) is 0 Å². The van der Waals surface area contributed by atoms with Crippen molar-refractivity contribution in [2.24, 2.45) is 10.9 Å². The lowest BCUT2D eigenvalue weighted by molar-refractivity contribution is 0.200. The maximum absolute atomic E-state index is 4.45. The molecule has 2 N–H and O–H groups in total. The summed E-state index contributed by atoms with van der Waals surface area (Å²) in [5, 5.41) is 6.76. The summed E-state index contributed by atoms with van der Waals surface area (Å²) in [5.41, 5.74) is 0. The summed E-state index contributed by atoms with van der Waals surface area (Å²) >= 11 is 0. The smallest absolute Gasteiger partial charge is 0.191 e. The zero-order valence-corrected chi connectivity index (χ0v) is 14.5. The molecule has 1 unspecified atom stereocenters. The summed E-state index contributed by atoms with van der Waals surface area (Å²) in [4.78, 5) is 6.78. The van der Waals surface area contributed by atoms with Gasteiger partial charge in [-0.3, -0.25) is 4.99 Å². The lowest BCUT2D eigenvalue weighted by Crippen LogP contribution is -2.49. The first-order chi connectivity index (χ1) is 8.19. The van der Waals surface area contributed by atoms with Gasteiger partial charge in [-0.15, -0.1) is 24.0 Å². The molecule has 1 aliphatic rings. The Balaban J connectivity index is 0.00000289. The van der Waals surface area contributed by atoms with E-state index in [1.807, 2.05) is 0 Å². The van der Waals surface area contributed by atoms with E-state index in [1.165, 1.54) is 12.8 Å². The lowest BCUT2D eigenvalue weighted by atomic mass is 9.93. The SMILES string of the molecule is CCC(CC)C(CNC1=NCCCN1)N(C)C.I. The van der Waals surface area contributed by atoms with Crippen molar-refractivity contribution in [1.29, 1.82) is 0 Å². The number of guanidine groups is 1. The van der Waals surface area contributed by atoms with Crippen molar-refractivity contribution in [1.82, 2.24) is 15.5 Å². The van der Waals surface area contributed by atoms with Crippen LogP contribution in [0.25, 0.3) is 0 Å². The normalized spacial score (nSPS) is 16.9. The number of hydrogen-bond acceptors (Lipinski definition) is 4. The average Bonchev–Trinajstić information content (AvgIpc) is 2.35. The minimum Gasteiger partial charge on any atom is -0.356 e. The summed E-state index contributed by atoms with van der Waals surface area (Å²) in [6.45, 7) is 7.53. The molecule has 0 saturated heterocycles. The zero-order valence-electron chi connectivity index (χ0n) is 12.2. The molecule has 5 heteroatoms. The van der Waals surface area contributed by atoms with Crippen LogP contribution in [0.1, 0.15) is 33.1 Å². The molecule has 108 valence electrons. The van der Waals surface area contributed by atoms with Crippen molar-refractivity contribution in [3.8, 4) is 0 Å². The highest BCUT2D eigenvalue weighted by molar-refractivity contribution is 14.0. The Morgan fingerprint density at radius 3 is 2.44 bits per heavy atom. The van der Waals surface area contributed by atoms with E-state index in [1.54, 1.807) is 0 Å². The van der Waals surface area contributed by atoms with Gasteiger partial charge in [0.25, 0.3) is 0 Å². The van der Waals surface area contributed by atoms with Crippen molar-refractivity contribution < 1.29 is 0 Å². The van der Waals surface area contributed by atoms with Crippen molar-refractivity contribution in [2.45, 2.75) is 39.2 Å². The van der Waals surface area contributed by atoms with Gasteiger partial charge in [0.2, 0.25) is 0 Å². The topological polar surface area (TPSA) is 39.7 Å². The van der Waals surface area contributed by atoms with Gasteiger partial charge in [0, 0.05) is 25.7 Å². The van der Waals surface area contributed by atoms with Gasteiger partial charge < -0.3 is 15.5 Å². The summed E-state index contributed by atoms with van der Waals surface area (Å²) in [6, 6.07) is 0.580. The molecule has 0 saturated carbocycles. The predicted octanol–water partition coefficient (Wildman–Crippen LogP) is 1.91.